The minimum atomic E-state index is -0.453. The summed E-state index contributed by atoms with van der Waals surface area (Å²) in [4.78, 5) is 12.9. The first-order chi connectivity index (χ1) is 9.10. The average molecular weight is 300 g/mol. The van der Waals surface area contributed by atoms with Gasteiger partial charge in [0.1, 0.15) is 0 Å². The zero-order valence-electron chi connectivity index (χ0n) is 10.7. The lowest BCUT2D eigenvalue weighted by Gasteiger charge is -2.21. The number of fused-ring (bicyclic) bond motifs is 1. The van der Waals surface area contributed by atoms with Crippen LogP contribution in [-0.4, -0.2) is 29.2 Å². The van der Waals surface area contributed by atoms with E-state index in [1.165, 1.54) is 0 Å². The Hall–Kier alpha value is -1.20. The van der Waals surface area contributed by atoms with Gasteiger partial charge in [-0.1, -0.05) is 16.8 Å². The highest BCUT2D eigenvalue weighted by Crippen LogP contribution is 2.39. The van der Waals surface area contributed by atoms with E-state index in [2.05, 4.69) is 5.16 Å². The molecule has 1 heterocycles. The molecule has 0 aliphatic carbocycles. The van der Waals surface area contributed by atoms with Crippen LogP contribution in [0.15, 0.2) is 16.1 Å². The molecule has 0 fully saturated rings. The molecular formula is C13H14ClNO3S. The second-order valence-electron chi connectivity index (χ2n) is 4.12. The Morgan fingerprint density at radius 3 is 3.00 bits per heavy atom. The number of thioether (sulfide) groups is 1. The fourth-order valence-electron chi connectivity index (χ4n) is 2.05. The number of nitrogens with zero attached hydrogens (tertiary/aromatic N) is 1. The number of oxime groups is 1. The lowest BCUT2D eigenvalue weighted by atomic mass is 10.0. The molecule has 1 aromatic carbocycles. The van der Waals surface area contributed by atoms with Crippen molar-refractivity contribution in [2.24, 2.45) is 5.16 Å². The molecular weight excluding hydrogens is 286 g/mol. The molecule has 0 saturated carbocycles. The van der Waals surface area contributed by atoms with Crippen LogP contribution in [0.25, 0.3) is 0 Å². The number of aryl methyl sites for hydroxylation is 1. The van der Waals surface area contributed by atoms with E-state index >= 15 is 0 Å². The van der Waals surface area contributed by atoms with Crippen molar-refractivity contribution in [3.63, 3.8) is 0 Å². The van der Waals surface area contributed by atoms with Crippen LogP contribution in [0.2, 0.25) is 5.02 Å². The second kappa shape index (κ2) is 5.84. The highest BCUT2D eigenvalue weighted by atomic mass is 35.5. The van der Waals surface area contributed by atoms with Gasteiger partial charge in [-0.3, -0.25) is 0 Å². The minimum Gasteiger partial charge on any atom is -0.462 e. The molecule has 102 valence electrons. The Kier molecular flexibility index (Phi) is 4.37. The van der Waals surface area contributed by atoms with Crippen LogP contribution in [-0.2, 0) is 4.74 Å². The summed E-state index contributed by atoms with van der Waals surface area (Å²) < 4.78 is 4.99. The van der Waals surface area contributed by atoms with Crippen LogP contribution in [0.3, 0.4) is 0 Å². The summed E-state index contributed by atoms with van der Waals surface area (Å²) in [6.07, 6.45) is 0.625. The number of hydrogen-bond acceptors (Lipinski definition) is 5. The van der Waals surface area contributed by atoms with Crippen molar-refractivity contribution in [3.8, 4) is 0 Å². The summed E-state index contributed by atoms with van der Waals surface area (Å²) in [7, 11) is 0. The van der Waals surface area contributed by atoms with Gasteiger partial charge in [0.05, 0.1) is 22.9 Å². The van der Waals surface area contributed by atoms with E-state index in [1.807, 2.05) is 6.92 Å². The van der Waals surface area contributed by atoms with Crippen LogP contribution in [0, 0.1) is 6.92 Å². The summed E-state index contributed by atoms with van der Waals surface area (Å²) in [5, 5.41) is 12.7. The molecule has 2 rings (SSSR count). The summed E-state index contributed by atoms with van der Waals surface area (Å²) in [6.45, 7) is 3.94. The molecule has 0 spiro atoms. The SMILES string of the molecule is CCOC(=O)c1cc(C)c2c(c1Cl)C(=NO)CCS2. The largest absolute Gasteiger partial charge is 0.462 e. The van der Waals surface area contributed by atoms with Crippen molar-refractivity contribution < 1.29 is 14.7 Å². The summed E-state index contributed by atoms with van der Waals surface area (Å²) >= 11 is 7.95. The predicted octanol–water partition coefficient (Wildman–Crippen LogP) is 3.50. The van der Waals surface area contributed by atoms with Gasteiger partial charge >= 0.3 is 5.97 Å². The van der Waals surface area contributed by atoms with Crippen LogP contribution in [0.4, 0.5) is 0 Å². The monoisotopic (exact) mass is 299 g/mol. The normalized spacial score (nSPS) is 16.3. The van der Waals surface area contributed by atoms with Crippen LogP contribution >= 0.6 is 23.4 Å². The fourth-order valence-corrected chi connectivity index (χ4v) is 3.59. The summed E-state index contributed by atoms with van der Waals surface area (Å²) in [6, 6.07) is 1.73. The van der Waals surface area contributed by atoms with Gasteiger partial charge in [0.15, 0.2) is 0 Å². The van der Waals surface area contributed by atoms with E-state index in [1.54, 1.807) is 24.8 Å². The van der Waals surface area contributed by atoms with E-state index in [-0.39, 0.29) is 0 Å². The molecule has 0 unspecified atom stereocenters. The standard InChI is InChI=1S/C13H14ClNO3S/c1-3-18-13(16)8-6-7(2)12-10(11(8)14)9(15-17)4-5-19-12/h6,17H,3-5H2,1-2H3. The molecule has 6 heteroatoms. The Bertz CT molecular complexity index is 557. The maximum absolute atomic E-state index is 11.9. The molecule has 4 nitrogen and oxygen atoms in total. The van der Waals surface area contributed by atoms with Crippen molar-refractivity contribution in [1.82, 2.24) is 0 Å². The first kappa shape index (κ1) is 14.2. The topological polar surface area (TPSA) is 58.9 Å². The number of hydrogen-bond donors (Lipinski definition) is 1. The average Bonchev–Trinajstić information content (AvgIpc) is 2.42. The highest BCUT2D eigenvalue weighted by molar-refractivity contribution is 7.99. The zero-order chi connectivity index (χ0) is 14.0. The molecule has 1 aliphatic heterocycles. The number of esters is 1. The van der Waals surface area contributed by atoms with Crippen molar-refractivity contribution in [2.45, 2.75) is 25.2 Å². The predicted molar refractivity (Wildman–Crippen MR) is 75.8 cm³/mol. The van der Waals surface area contributed by atoms with Crippen LogP contribution in [0.1, 0.15) is 34.8 Å². The first-order valence-corrected chi connectivity index (χ1v) is 7.30. The van der Waals surface area contributed by atoms with E-state index in [9.17, 15) is 4.79 Å². The highest BCUT2D eigenvalue weighted by Gasteiger charge is 2.26. The maximum atomic E-state index is 11.9. The Balaban J connectivity index is 2.62. The van der Waals surface area contributed by atoms with Crippen molar-refractivity contribution in [1.29, 1.82) is 0 Å². The molecule has 0 bridgehead atoms. The van der Waals surface area contributed by atoms with Gasteiger partial charge in [-0.2, -0.15) is 0 Å². The number of benzene rings is 1. The van der Waals surface area contributed by atoms with Gasteiger partial charge in [-0.15, -0.1) is 11.8 Å². The van der Waals surface area contributed by atoms with E-state index in [4.69, 9.17) is 21.5 Å². The third-order valence-electron chi connectivity index (χ3n) is 2.89. The van der Waals surface area contributed by atoms with Gasteiger partial charge in [-0.05, 0) is 25.5 Å². The number of halogens is 1. The molecule has 19 heavy (non-hydrogen) atoms. The van der Waals surface area contributed by atoms with Crippen molar-refractivity contribution >= 4 is 35.0 Å². The molecule has 0 radical (unpaired) electrons. The maximum Gasteiger partial charge on any atom is 0.339 e. The fraction of sp³-hybridized carbons (Fsp3) is 0.385. The van der Waals surface area contributed by atoms with Crippen molar-refractivity contribution in [3.05, 3.63) is 27.8 Å². The Morgan fingerprint density at radius 2 is 2.37 bits per heavy atom. The smallest absolute Gasteiger partial charge is 0.339 e. The van der Waals surface area contributed by atoms with Crippen molar-refractivity contribution in [2.75, 3.05) is 12.4 Å². The van der Waals surface area contributed by atoms with Crippen LogP contribution in [0.5, 0.6) is 0 Å². The zero-order valence-corrected chi connectivity index (χ0v) is 12.3. The number of rotatable bonds is 2. The molecule has 0 amide bonds. The van der Waals surface area contributed by atoms with E-state index in [0.29, 0.717) is 34.9 Å². The third-order valence-corrected chi connectivity index (χ3v) is 4.51. The lowest BCUT2D eigenvalue weighted by Crippen LogP contribution is -2.15. The van der Waals surface area contributed by atoms with Gasteiger partial charge in [0, 0.05) is 22.6 Å². The molecule has 1 aromatic rings. The molecule has 0 aromatic heterocycles. The van der Waals surface area contributed by atoms with Crippen LogP contribution < -0.4 is 0 Å². The number of carbonyl (C=O) groups excluding carboxylic acids is 1. The third kappa shape index (κ3) is 2.58. The summed E-state index contributed by atoms with van der Waals surface area (Å²) in [5.74, 6) is 0.383. The Labute approximate surface area is 120 Å². The quantitative estimate of drug-likeness (QED) is 0.516. The van der Waals surface area contributed by atoms with Gasteiger partial charge < -0.3 is 9.94 Å². The minimum absolute atomic E-state index is 0.293. The molecule has 0 saturated heterocycles. The van der Waals surface area contributed by atoms with Gasteiger partial charge in [0.2, 0.25) is 0 Å². The lowest BCUT2D eigenvalue weighted by molar-refractivity contribution is 0.0526. The van der Waals surface area contributed by atoms with E-state index in [0.717, 1.165) is 16.2 Å². The first-order valence-electron chi connectivity index (χ1n) is 5.94. The number of carbonyl (C=O) groups is 1. The van der Waals surface area contributed by atoms with Gasteiger partial charge in [-0.25, -0.2) is 4.79 Å². The summed E-state index contributed by atoms with van der Waals surface area (Å²) in [5.41, 5.74) is 2.44. The molecule has 1 N–H and O–H groups in total. The second-order valence-corrected chi connectivity index (χ2v) is 5.61. The number of ether oxygens (including phenoxy) is 1. The van der Waals surface area contributed by atoms with Gasteiger partial charge in [0.25, 0.3) is 0 Å². The molecule has 0 atom stereocenters. The molecule has 1 aliphatic rings. The van der Waals surface area contributed by atoms with E-state index < -0.39 is 5.97 Å². The Morgan fingerprint density at radius 1 is 1.63 bits per heavy atom.